The minimum absolute atomic E-state index is 0.910. The lowest BCUT2D eigenvalue weighted by Gasteiger charge is -2.29. The van der Waals surface area contributed by atoms with Crippen molar-refractivity contribution >= 4 is 5.82 Å². The Hall–Kier alpha value is -2.01. The van der Waals surface area contributed by atoms with Crippen molar-refractivity contribution < 1.29 is 0 Å². The monoisotopic (exact) mass is 241 g/mol. The first kappa shape index (κ1) is 11.1. The van der Waals surface area contributed by atoms with Gasteiger partial charge in [-0.25, -0.2) is 4.98 Å². The summed E-state index contributed by atoms with van der Waals surface area (Å²) < 4.78 is 0. The Morgan fingerprint density at radius 3 is 2.67 bits per heavy atom. The Morgan fingerprint density at radius 2 is 1.89 bits per heavy atom. The summed E-state index contributed by atoms with van der Waals surface area (Å²) in [6.45, 7) is 3.91. The van der Waals surface area contributed by atoms with Crippen molar-refractivity contribution in [1.82, 2.24) is 20.3 Å². The third-order valence-electron chi connectivity index (χ3n) is 3.03. The zero-order valence-corrected chi connectivity index (χ0v) is 10.1. The van der Waals surface area contributed by atoms with E-state index in [9.17, 15) is 0 Å². The highest BCUT2D eigenvalue weighted by molar-refractivity contribution is 5.71. The molecule has 5 nitrogen and oxygen atoms in total. The molecular formula is C13H15N5. The highest BCUT2D eigenvalue weighted by atomic mass is 15.2. The van der Waals surface area contributed by atoms with Gasteiger partial charge in [0.25, 0.3) is 0 Å². The average molecular weight is 241 g/mol. The fraction of sp³-hybridized carbons (Fsp3) is 0.308. The lowest BCUT2D eigenvalue weighted by Crippen LogP contribution is -2.44. The van der Waals surface area contributed by atoms with Gasteiger partial charge in [-0.2, -0.15) is 0 Å². The molecule has 2 aromatic rings. The van der Waals surface area contributed by atoms with Gasteiger partial charge < -0.3 is 10.2 Å². The summed E-state index contributed by atoms with van der Waals surface area (Å²) in [5.41, 5.74) is 1.92. The van der Waals surface area contributed by atoms with Crippen molar-refractivity contribution in [2.24, 2.45) is 0 Å². The number of aromatic nitrogens is 3. The molecule has 5 heteroatoms. The topological polar surface area (TPSA) is 53.9 Å². The molecule has 1 aliphatic rings. The Bertz CT molecular complexity index is 508. The molecule has 0 amide bonds. The van der Waals surface area contributed by atoms with Crippen LogP contribution in [0.1, 0.15) is 0 Å². The maximum Gasteiger partial charge on any atom is 0.155 e. The molecule has 1 saturated heterocycles. The van der Waals surface area contributed by atoms with E-state index < -0.39 is 0 Å². The first-order valence-corrected chi connectivity index (χ1v) is 6.12. The van der Waals surface area contributed by atoms with E-state index in [4.69, 9.17) is 0 Å². The summed E-state index contributed by atoms with van der Waals surface area (Å²) in [4.78, 5) is 15.4. The van der Waals surface area contributed by atoms with E-state index >= 15 is 0 Å². The number of nitrogens with one attached hydrogen (secondary N) is 1. The fourth-order valence-electron chi connectivity index (χ4n) is 2.15. The predicted molar refractivity (Wildman–Crippen MR) is 70.3 cm³/mol. The van der Waals surface area contributed by atoms with Crippen molar-refractivity contribution in [3.05, 3.63) is 36.9 Å². The number of rotatable bonds is 2. The highest BCUT2D eigenvalue weighted by Gasteiger charge is 2.17. The third-order valence-corrected chi connectivity index (χ3v) is 3.03. The molecule has 0 radical (unpaired) electrons. The van der Waals surface area contributed by atoms with E-state index in [1.807, 2.05) is 18.3 Å². The van der Waals surface area contributed by atoms with Crippen molar-refractivity contribution in [3.8, 4) is 11.3 Å². The zero-order chi connectivity index (χ0) is 12.2. The number of nitrogens with zero attached hydrogens (tertiary/aromatic N) is 4. The van der Waals surface area contributed by atoms with E-state index in [0.29, 0.717) is 0 Å². The maximum absolute atomic E-state index is 4.49. The Morgan fingerprint density at radius 1 is 1.06 bits per heavy atom. The van der Waals surface area contributed by atoms with Crippen LogP contribution in [-0.4, -0.2) is 41.1 Å². The summed E-state index contributed by atoms with van der Waals surface area (Å²) in [7, 11) is 0. The quantitative estimate of drug-likeness (QED) is 0.848. The van der Waals surface area contributed by atoms with Crippen molar-refractivity contribution in [1.29, 1.82) is 0 Å². The van der Waals surface area contributed by atoms with Crippen LogP contribution in [0.3, 0.4) is 0 Å². The van der Waals surface area contributed by atoms with Gasteiger partial charge in [0, 0.05) is 56.5 Å². The van der Waals surface area contributed by atoms with Crippen molar-refractivity contribution in [2.75, 3.05) is 31.1 Å². The molecule has 0 atom stereocenters. The molecule has 3 rings (SSSR count). The maximum atomic E-state index is 4.49. The minimum atomic E-state index is 0.910. The second kappa shape index (κ2) is 5.10. The van der Waals surface area contributed by atoms with Gasteiger partial charge in [0.05, 0.1) is 0 Å². The van der Waals surface area contributed by atoms with Gasteiger partial charge in [-0.1, -0.05) is 0 Å². The second-order valence-electron chi connectivity index (χ2n) is 4.21. The first-order chi connectivity index (χ1) is 8.95. The lowest BCUT2D eigenvalue weighted by atomic mass is 10.2. The number of hydrogen-bond acceptors (Lipinski definition) is 5. The van der Waals surface area contributed by atoms with Crippen LogP contribution in [0.2, 0.25) is 0 Å². The largest absolute Gasteiger partial charge is 0.352 e. The number of hydrogen-bond donors (Lipinski definition) is 1. The second-order valence-corrected chi connectivity index (χ2v) is 4.21. The molecule has 0 saturated carbocycles. The predicted octanol–water partition coefficient (Wildman–Crippen LogP) is 0.948. The van der Waals surface area contributed by atoms with Crippen molar-refractivity contribution in [3.63, 3.8) is 0 Å². The van der Waals surface area contributed by atoms with Crippen LogP contribution in [0.4, 0.5) is 5.82 Å². The molecule has 0 spiro atoms. The van der Waals surface area contributed by atoms with Crippen LogP contribution in [0, 0.1) is 0 Å². The molecule has 0 aliphatic carbocycles. The smallest absolute Gasteiger partial charge is 0.155 e. The molecule has 2 aromatic heterocycles. The van der Waals surface area contributed by atoms with Gasteiger partial charge >= 0.3 is 0 Å². The average Bonchev–Trinajstić information content (AvgIpc) is 2.49. The molecule has 1 aliphatic heterocycles. The van der Waals surface area contributed by atoms with Gasteiger partial charge in [-0.05, 0) is 12.1 Å². The van der Waals surface area contributed by atoms with Crippen LogP contribution >= 0.6 is 0 Å². The van der Waals surface area contributed by atoms with E-state index in [-0.39, 0.29) is 0 Å². The fourth-order valence-corrected chi connectivity index (χ4v) is 2.15. The molecule has 0 unspecified atom stereocenters. The third kappa shape index (κ3) is 2.17. The van der Waals surface area contributed by atoms with Gasteiger partial charge in [-0.15, -0.1) is 0 Å². The highest BCUT2D eigenvalue weighted by Crippen LogP contribution is 2.25. The van der Waals surface area contributed by atoms with Gasteiger partial charge in [0.1, 0.15) is 5.69 Å². The molecule has 0 bridgehead atoms. The van der Waals surface area contributed by atoms with Crippen molar-refractivity contribution in [2.45, 2.75) is 0 Å². The first-order valence-electron chi connectivity index (χ1n) is 6.12. The normalized spacial score (nSPS) is 15.7. The van der Waals surface area contributed by atoms with E-state index in [2.05, 4.69) is 25.2 Å². The van der Waals surface area contributed by atoms with Crippen LogP contribution < -0.4 is 10.2 Å². The van der Waals surface area contributed by atoms with E-state index in [0.717, 1.165) is 43.3 Å². The summed E-state index contributed by atoms with van der Waals surface area (Å²) in [6.07, 6.45) is 7.07. The summed E-state index contributed by atoms with van der Waals surface area (Å²) in [6, 6.07) is 3.94. The van der Waals surface area contributed by atoms with Crippen LogP contribution in [-0.2, 0) is 0 Å². The molecule has 92 valence electrons. The van der Waals surface area contributed by atoms with Crippen LogP contribution in [0.15, 0.2) is 36.9 Å². The van der Waals surface area contributed by atoms with Crippen LogP contribution in [0.5, 0.6) is 0 Å². The van der Waals surface area contributed by atoms with E-state index in [1.54, 1.807) is 18.6 Å². The number of pyridine rings is 1. The Kier molecular flexibility index (Phi) is 3.14. The Labute approximate surface area is 106 Å². The van der Waals surface area contributed by atoms with E-state index in [1.165, 1.54) is 0 Å². The zero-order valence-electron chi connectivity index (χ0n) is 10.1. The van der Waals surface area contributed by atoms with Gasteiger partial charge in [0.2, 0.25) is 0 Å². The molecule has 0 aromatic carbocycles. The SMILES string of the molecule is c1cncc(-c2nccnc2N2CCNCC2)c1. The number of anilines is 1. The molecule has 1 fully saturated rings. The summed E-state index contributed by atoms with van der Waals surface area (Å²) in [5, 5.41) is 3.34. The molecule has 1 N–H and O–H groups in total. The lowest BCUT2D eigenvalue weighted by molar-refractivity contribution is 0.585. The Balaban J connectivity index is 1.99. The number of piperazine rings is 1. The van der Waals surface area contributed by atoms with Crippen LogP contribution in [0.25, 0.3) is 11.3 Å². The summed E-state index contributed by atoms with van der Waals surface area (Å²) >= 11 is 0. The molecule has 18 heavy (non-hydrogen) atoms. The summed E-state index contributed by atoms with van der Waals surface area (Å²) in [5.74, 6) is 0.951. The molecular weight excluding hydrogens is 226 g/mol. The molecule has 3 heterocycles. The van der Waals surface area contributed by atoms with Gasteiger partial charge in [0.15, 0.2) is 5.82 Å². The van der Waals surface area contributed by atoms with Gasteiger partial charge in [-0.3, -0.25) is 9.97 Å². The standard InChI is InChI=1S/C13H15N5/c1-2-11(10-15-3-1)12-13(17-5-4-16-12)18-8-6-14-7-9-18/h1-5,10,14H,6-9H2. The minimum Gasteiger partial charge on any atom is -0.352 e.